The highest BCUT2D eigenvalue weighted by Crippen LogP contribution is 2.35. The summed E-state index contributed by atoms with van der Waals surface area (Å²) in [6.45, 7) is 11.6. The zero-order valence-electron chi connectivity index (χ0n) is 12.5. The number of likely N-dealkylation sites (tertiary alicyclic amines) is 1. The Morgan fingerprint density at radius 1 is 1.26 bits per heavy atom. The van der Waals surface area contributed by atoms with Crippen LogP contribution in [0.2, 0.25) is 0 Å². The van der Waals surface area contributed by atoms with E-state index in [0.717, 1.165) is 32.5 Å². The van der Waals surface area contributed by atoms with E-state index in [1.165, 1.54) is 0 Å². The number of piperidine rings is 1. The van der Waals surface area contributed by atoms with Crippen LogP contribution in [0.5, 0.6) is 0 Å². The average Bonchev–Trinajstić information content (AvgIpc) is 2.53. The van der Waals surface area contributed by atoms with Gasteiger partial charge in [-0.25, -0.2) is 4.79 Å². The molecule has 0 aliphatic carbocycles. The Morgan fingerprint density at radius 3 is 2.32 bits per heavy atom. The molecule has 0 saturated carbocycles. The quantitative estimate of drug-likeness (QED) is 0.845. The van der Waals surface area contributed by atoms with E-state index in [4.69, 9.17) is 5.73 Å². The van der Waals surface area contributed by atoms with Gasteiger partial charge < -0.3 is 15.5 Å². The molecule has 0 bridgehead atoms. The lowest BCUT2D eigenvalue weighted by atomic mass is 9.84. The van der Waals surface area contributed by atoms with Gasteiger partial charge in [0.25, 0.3) is 0 Å². The van der Waals surface area contributed by atoms with E-state index in [2.05, 4.69) is 23.7 Å². The summed E-state index contributed by atoms with van der Waals surface area (Å²) in [5.74, 6) is 1.20. The van der Waals surface area contributed by atoms with E-state index in [1.807, 2.05) is 18.7 Å². The van der Waals surface area contributed by atoms with Crippen LogP contribution in [0, 0.1) is 5.92 Å². The van der Waals surface area contributed by atoms with Crippen molar-refractivity contribution in [2.75, 3.05) is 19.6 Å². The maximum Gasteiger partial charge on any atom is 0.346 e. The van der Waals surface area contributed by atoms with Crippen molar-refractivity contribution in [2.24, 2.45) is 16.6 Å². The highest BCUT2D eigenvalue weighted by Gasteiger charge is 2.50. The molecule has 1 fully saturated rings. The molecule has 1 spiro atoms. The Hall–Kier alpha value is -1.10. The van der Waals surface area contributed by atoms with Gasteiger partial charge in [0, 0.05) is 25.7 Å². The molecule has 2 rings (SSSR count). The van der Waals surface area contributed by atoms with Crippen LogP contribution >= 0.6 is 0 Å². The van der Waals surface area contributed by atoms with Gasteiger partial charge in [-0.1, -0.05) is 13.8 Å². The molecular weight excluding hydrogens is 240 g/mol. The highest BCUT2D eigenvalue weighted by molar-refractivity contribution is 6.06. The molecular formula is C14H26N4O. The van der Waals surface area contributed by atoms with Gasteiger partial charge in [0.1, 0.15) is 11.4 Å². The second-order valence-electron chi connectivity index (χ2n) is 6.47. The summed E-state index contributed by atoms with van der Waals surface area (Å²) in [6, 6.07) is -0.0150. The number of nitrogens with two attached hydrogens (primary N) is 1. The first-order valence-corrected chi connectivity index (χ1v) is 7.27. The van der Waals surface area contributed by atoms with Gasteiger partial charge in [-0.3, -0.25) is 0 Å². The van der Waals surface area contributed by atoms with E-state index in [9.17, 15) is 4.79 Å². The molecule has 2 heterocycles. The zero-order valence-corrected chi connectivity index (χ0v) is 12.5. The molecule has 1 saturated heterocycles. The second-order valence-corrected chi connectivity index (χ2v) is 6.47. The van der Waals surface area contributed by atoms with Crippen molar-refractivity contribution in [1.29, 1.82) is 0 Å². The number of urea groups is 1. The minimum absolute atomic E-state index is 0.147. The Morgan fingerprint density at radius 2 is 1.84 bits per heavy atom. The fourth-order valence-electron chi connectivity index (χ4n) is 3.40. The molecule has 2 N–H and O–H groups in total. The lowest BCUT2D eigenvalue weighted by Crippen LogP contribution is -2.61. The second kappa shape index (κ2) is 5.12. The van der Waals surface area contributed by atoms with Crippen molar-refractivity contribution in [3.63, 3.8) is 0 Å². The number of amidine groups is 1. The number of hydrogen-bond acceptors (Lipinski definition) is 3. The van der Waals surface area contributed by atoms with Crippen LogP contribution in [0.25, 0.3) is 0 Å². The fraction of sp³-hybridized carbons (Fsp3) is 0.857. The fourth-order valence-corrected chi connectivity index (χ4v) is 3.40. The number of nitrogens with zero attached hydrogens (tertiary/aromatic N) is 3. The molecule has 0 unspecified atom stereocenters. The van der Waals surface area contributed by atoms with Crippen molar-refractivity contribution in [3.05, 3.63) is 0 Å². The zero-order chi connectivity index (χ0) is 14.2. The summed E-state index contributed by atoms with van der Waals surface area (Å²) in [5, 5.41) is 0. The molecule has 19 heavy (non-hydrogen) atoms. The first-order valence-electron chi connectivity index (χ1n) is 7.27. The summed E-state index contributed by atoms with van der Waals surface area (Å²) < 4.78 is 0. The summed E-state index contributed by atoms with van der Waals surface area (Å²) in [7, 11) is 0. The lowest BCUT2D eigenvalue weighted by molar-refractivity contribution is 0.0787. The number of aliphatic imine (C=N–C) groups is 1. The molecule has 0 aromatic heterocycles. The summed E-state index contributed by atoms with van der Waals surface area (Å²) in [6.07, 6.45) is 1.80. The van der Waals surface area contributed by atoms with Gasteiger partial charge in [0.15, 0.2) is 0 Å². The van der Waals surface area contributed by atoms with Crippen LogP contribution in [-0.4, -0.2) is 52.9 Å². The van der Waals surface area contributed by atoms with Crippen molar-refractivity contribution < 1.29 is 4.79 Å². The molecule has 5 nitrogen and oxygen atoms in total. The van der Waals surface area contributed by atoms with Crippen molar-refractivity contribution in [2.45, 2.75) is 52.1 Å². The molecule has 0 aromatic rings. The van der Waals surface area contributed by atoms with Gasteiger partial charge in [-0.05, 0) is 32.6 Å². The molecule has 2 amide bonds. The summed E-state index contributed by atoms with van der Waals surface area (Å²) in [5.41, 5.74) is 5.76. The lowest BCUT2D eigenvalue weighted by Gasteiger charge is -2.46. The van der Waals surface area contributed by atoms with Crippen molar-refractivity contribution >= 4 is 11.9 Å². The summed E-state index contributed by atoms with van der Waals surface area (Å²) >= 11 is 0. The van der Waals surface area contributed by atoms with Gasteiger partial charge in [-0.15, -0.1) is 0 Å². The van der Waals surface area contributed by atoms with Crippen LogP contribution in [0.15, 0.2) is 4.99 Å². The molecule has 0 aromatic carbocycles. The molecule has 2 aliphatic rings. The van der Waals surface area contributed by atoms with E-state index >= 15 is 0 Å². The Labute approximate surface area is 115 Å². The first-order chi connectivity index (χ1) is 8.86. The normalized spacial score (nSPS) is 23.8. The van der Waals surface area contributed by atoms with Crippen LogP contribution in [0.3, 0.4) is 0 Å². The maximum absolute atomic E-state index is 12.0. The maximum atomic E-state index is 12.0. The minimum atomic E-state index is -0.321. The van der Waals surface area contributed by atoms with E-state index in [0.29, 0.717) is 11.8 Å². The number of amides is 2. The van der Waals surface area contributed by atoms with E-state index < -0.39 is 0 Å². The van der Waals surface area contributed by atoms with E-state index in [-0.39, 0.29) is 17.6 Å². The standard InChI is InChI=1S/C14H26N4O/c1-10(2)9-17-7-5-14(6-8-17)12(15)16-13(19)18(14)11(3)4/h10-11H,5-9H2,1-4H3,(H2,15,16,19). The third kappa shape index (κ3) is 2.48. The first kappa shape index (κ1) is 14.3. The Balaban J connectivity index is 2.12. The molecule has 2 aliphatic heterocycles. The molecule has 0 radical (unpaired) electrons. The molecule has 0 atom stereocenters. The number of carbonyl (C=O) groups excluding carboxylic acids is 1. The average molecular weight is 266 g/mol. The van der Waals surface area contributed by atoms with Crippen molar-refractivity contribution in [3.8, 4) is 0 Å². The summed E-state index contributed by atoms with van der Waals surface area (Å²) in [4.78, 5) is 20.4. The SMILES string of the molecule is CC(C)CN1CCC2(CC1)C(N)=NC(=O)N2C(C)C. The Bertz CT molecular complexity index is 381. The smallest absolute Gasteiger partial charge is 0.346 e. The van der Waals surface area contributed by atoms with Gasteiger partial charge in [0.05, 0.1) is 0 Å². The van der Waals surface area contributed by atoms with Crippen LogP contribution in [0.4, 0.5) is 4.79 Å². The van der Waals surface area contributed by atoms with Crippen LogP contribution in [0.1, 0.15) is 40.5 Å². The third-order valence-electron chi connectivity index (χ3n) is 4.18. The monoisotopic (exact) mass is 266 g/mol. The van der Waals surface area contributed by atoms with Gasteiger partial charge in [0.2, 0.25) is 0 Å². The van der Waals surface area contributed by atoms with Crippen LogP contribution in [-0.2, 0) is 0 Å². The Kier molecular flexibility index (Phi) is 3.85. The largest absolute Gasteiger partial charge is 0.385 e. The third-order valence-corrected chi connectivity index (χ3v) is 4.18. The molecule has 108 valence electrons. The van der Waals surface area contributed by atoms with Gasteiger partial charge >= 0.3 is 6.03 Å². The highest BCUT2D eigenvalue weighted by atomic mass is 16.2. The number of hydrogen-bond donors (Lipinski definition) is 1. The van der Waals surface area contributed by atoms with Crippen LogP contribution < -0.4 is 5.73 Å². The topological polar surface area (TPSA) is 61.9 Å². The number of carbonyl (C=O) groups is 1. The predicted molar refractivity (Wildman–Crippen MR) is 77.2 cm³/mol. The molecule has 5 heteroatoms. The van der Waals surface area contributed by atoms with Crippen molar-refractivity contribution in [1.82, 2.24) is 9.80 Å². The van der Waals surface area contributed by atoms with E-state index in [1.54, 1.807) is 0 Å². The number of rotatable bonds is 3. The minimum Gasteiger partial charge on any atom is -0.385 e. The van der Waals surface area contributed by atoms with Gasteiger partial charge in [-0.2, -0.15) is 4.99 Å². The predicted octanol–water partition coefficient (Wildman–Crippen LogP) is 1.68.